The first-order chi connectivity index (χ1) is 7.95. The highest BCUT2D eigenvalue weighted by Crippen LogP contribution is 2.12. The van der Waals surface area contributed by atoms with Crippen LogP contribution in [-0.4, -0.2) is 22.7 Å². The van der Waals surface area contributed by atoms with Crippen LogP contribution in [0, 0.1) is 11.6 Å². The van der Waals surface area contributed by atoms with Crippen LogP contribution in [0.25, 0.3) is 0 Å². The van der Waals surface area contributed by atoms with Crippen molar-refractivity contribution in [2.24, 2.45) is 0 Å². The number of rotatable bonds is 4. The fraction of sp³-hybridized carbons (Fsp3) is 0.417. The Kier molecular flexibility index (Phi) is 4.87. The van der Waals surface area contributed by atoms with Gasteiger partial charge in [-0.2, -0.15) is 0 Å². The molecule has 0 aliphatic rings. The van der Waals surface area contributed by atoms with Gasteiger partial charge < -0.3 is 4.90 Å². The first kappa shape index (κ1) is 13.9. The van der Waals surface area contributed by atoms with Gasteiger partial charge in [-0.05, 0) is 31.5 Å². The van der Waals surface area contributed by atoms with E-state index in [-0.39, 0.29) is 12.5 Å². The first-order valence-corrected chi connectivity index (χ1v) is 5.76. The van der Waals surface area contributed by atoms with E-state index in [0.29, 0.717) is 12.1 Å². The zero-order chi connectivity index (χ0) is 13.0. The Labute approximate surface area is 104 Å². The molecule has 0 aromatic heterocycles. The van der Waals surface area contributed by atoms with Crippen molar-refractivity contribution in [3.05, 3.63) is 35.4 Å². The van der Waals surface area contributed by atoms with Gasteiger partial charge in [0.25, 0.3) is 0 Å². The molecule has 0 bridgehead atoms. The summed E-state index contributed by atoms with van der Waals surface area (Å²) >= 11 is 5.70. The van der Waals surface area contributed by atoms with Crippen molar-refractivity contribution in [1.29, 1.82) is 0 Å². The second-order valence-electron chi connectivity index (χ2n) is 3.72. The van der Waals surface area contributed by atoms with Crippen LogP contribution in [-0.2, 0) is 11.3 Å². The SMILES string of the molecule is CCN(Cc1ccc(F)c(F)c1)C(=O)C(C)Cl. The Balaban J connectivity index is 2.80. The number of carbonyl (C=O) groups is 1. The number of nitrogens with zero attached hydrogens (tertiary/aromatic N) is 1. The highest BCUT2D eigenvalue weighted by molar-refractivity contribution is 6.30. The summed E-state index contributed by atoms with van der Waals surface area (Å²) in [5.74, 6) is -2.03. The number of hydrogen-bond donors (Lipinski definition) is 0. The van der Waals surface area contributed by atoms with Gasteiger partial charge in [-0.3, -0.25) is 4.79 Å². The molecular formula is C12H14ClF2NO. The number of benzene rings is 1. The van der Waals surface area contributed by atoms with Crippen molar-refractivity contribution in [2.45, 2.75) is 25.8 Å². The van der Waals surface area contributed by atoms with Gasteiger partial charge in [0.1, 0.15) is 5.38 Å². The third kappa shape index (κ3) is 3.66. The summed E-state index contributed by atoms with van der Waals surface area (Å²) in [5, 5.41) is -0.625. The van der Waals surface area contributed by atoms with Gasteiger partial charge in [-0.1, -0.05) is 6.07 Å². The van der Waals surface area contributed by atoms with Gasteiger partial charge in [0.15, 0.2) is 11.6 Å². The van der Waals surface area contributed by atoms with E-state index in [1.54, 1.807) is 13.8 Å². The van der Waals surface area contributed by atoms with Crippen molar-refractivity contribution in [3.63, 3.8) is 0 Å². The molecule has 0 fully saturated rings. The summed E-state index contributed by atoms with van der Waals surface area (Å²) in [4.78, 5) is 13.1. The molecule has 1 amide bonds. The van der Waals surface area contributed by atoms with Crippen molar-refractivity contribution < 1.29 is 13.6 Å². The van der Waals surface area contributed by atoms with Crippen LogP contribution in [0.15, 0.2) is 18.2 Å². The van der Waals surface area contributed by atoms with E-state index in [1.165, 1.54) is 11.0 Å². The first-order valence-electron chi connectivity index (χ1n) is 5.32. The molecule has 2 nitrogen and oxygen atoms in total. The molecule has 0 heterocycles. The lowest BCUT2D eigenvalue weighted by Crippen LogP contribution is -2.35. The molecule has 0 N–H and O–H groups in total. The Morgan fingerprint density at radius 3 is 2.53 bits per heavy atom. The molecule has 0 radical (unpaired) electrons. The lowest BCUT2D eigenvalue weighted by molar-refractivity contribution is -0.130. The normalized spacial score (nSPS) is 12.3. The van der Waals surface area contributed by atoms with Crippen LogP contribution in [0.1, 0.15) is 19.4 Å². The summed E-state index contributed by atoms with van der Waals surface area (Å²) in [6.45, 7) is 4.08. The quantitative estimate of drug-likeness (QED) is 0.763. The zero-order valence-corrected chi connectivity index (χ0v) is 10.5. The third-order valence-corrected chi connectivity index (χ3v) is 2.58. The molecule has 1 atom stereocenters. The third-order valence-electron chi connectivity index (χ3n) is 2.39. The molecule has 0 saturated carbocycles. The molecule has 0 aliphatic carbocycles. The highest BCUT2D eigenvalue weighted by Gasteiger charge is 2.17. The largest absolute Gasteiger partial charge is 0.337 e. The molecule has 94 valence electrons. The van der Waals surface area contributed by atoms with Crippen LogP contribution in [0.5, 0.6) is 0 Å². The Bertz CT molecular complexity index is 409. The van der Waals surface area contributed by atoms with Gasteiger partial charge >= 0.3 is 0 Å². The average molecular weight is 262 g/mol. The minimum absolute atomic E-state index is 0.223. The van der Waals surface area contributed by atoms with Gasteiger partial charge in [-0.25, -0.2) is 8.78 Å². The van der Waals surface area contributed by atoms with Crippen molar-refractivity contribution in [3.8, 4) is 0 Å². The van der Waals surface area contributed by atoms with Crippen molar-refractivity contribution >= 4 is 17.5 Å². The van der Waals surface area contributed by atoms with Crippen LogP contribution in [0.4, 0.5) is 8.78 Å². The molecule has 1 aromatic carbocycles. The minimum Gasteiger partial charge on any atom is -0.337 e. The van der Waals surface area contributed by atoms with E-state index in [4.69, 9.17) is 11.6 Å². The van der Waals surface area contributed by atoms with Crippen molar-refractivity contribution in [1.82, 2.24) is 4.90 Å². The maximum Gasteiger partial charge on any atom is 0.240 e. The number of amides is 1. The molecule has 0 aliphatic heterocycles. The molecule has 17 heavy (non-hydrogen) atoms. The zero-order valence-electron chi connectivity index (χ0n) is 9.71. The topological polar surface area (TPSA) is 20.3 Å². The number of carbonyl (C=O) groups excluding carboxylic acids is 1. The monoisotopic (exact) mass is 261 g/mol. The highest BCUT2D eigenvalue weighted by atomic mass is 35.5. The maximum atomic E-state index is 13.0. The van der Waals surface area contributed by atoms with E-state index < -0.39 is 17.0 Å². The van der Waals surface area contributed by atoms with E-state index in [2.05, 4.69) is 0 Å². The summed E-state index contributed by atoms with van der Waals surface area (Å²) in [6, 6.07) is 3.59. The Hall–Kier alpha value is -1.16. The summed E-state index contributed by atoms with van der Waals surface area (Å²) in [6.07, 6.45) is 0. The smallest absolute Gasteiger partial charge is 0.240 e. The lowest BCUT2D eigenvalue weighted by Gasteiger charge is -2.22. The molecular weight excluding hydrogens is 248 g/mol. The second-order valence-corrected chi connectivity index (χ2v) is 4.37. The Morgan fingerprint density at radius 1 is 1.41 bits per heavy atom. The summed E-state index contributed by atoms with van der Waals surface area (Å²) < 4.78 is 25.7. The number of halogens is 3. The number of hydrogen-bond acceptors (Lipinski definition) is 1. The van der Waals surface area contributed by atoms with E-state index >= 15 is 0 Å². The lowest BCUT2D eigenvalue weighted by atomic mass is 10.2. The predicted octanol–water partition coefficient (Wildman–Crippen LogP) is 2.94. The van der Waals surface area contributed by atoms with Crippen LogP contribution < -0.4 is 0 Å². The summed E-state index contributed by atoms with van der Waals surface area (Å²) in [7, 11) is 0. The van der Waals surface area contributed by atoms with Crippen LogP contribution in [0.2, 0.25) is 0 Å². The predicted molar refractivity (Wildman–Crippen MR) is 62.8 cm³/mol. The van der Waals surface area contributed by atoms with Gasteiger partial charge in [0.05, 0.1) is 0 Å². The molecule has 1 unspecified atom stereocenters. The fourth-order valence-electron chi connectivity index (χ4n) is 1.46. The fourth-order valence-corrected chi connectivity index (χ4v) is 1.59. The molecule has 1 aromatic rings. The van der Waals surface area contributed by atoms with Gasteiger partial charge in [0, 0.05) is 13.1 Å². The maximum absolute atomic E-state index is 13.0. The van der Waals surface area contributed by atoms with Crippen LogP contribution in [0.3, 0.4) is 0 Å². The average Bonchev–Trinajstić information content (AvgIpc) is 2.29. The second kappa shape index (κ2) is 5.96. The molecule has 1 rings (SSSR count). The molecule has 5 heteroatoms. The van der Waals surface area contributed by atoms with E-state index in [1.807, 2.05) is 0 Å². The van der Waals surface area contributed by atoms with E-state index in [0.717, 1.165) is 12.1 Å². The molecule has 0 saturated heterocycles. The molecule has 0 spiro atoms. The van der Waals surface area contributed by atoms with Crippen LogP contribution >= 0.6 is 11.6 Å². The van der Waals surface area contributed by atoms with Gasteiger partial charge in [0.2, 0.25) is 5.91 Å². The minimum atomic E-state index is -0.912. The Morgan fingerprint density at radius 2 is 2.06 bits per heavy atom. The van der Waals surface area contributed by atoms with Gasteiger partial charge in [-0.15, -0.1) is 11.6 Å². The summed E-state index contributed by atoms with van der Waals surface area (Å²) in [5.41, 5.74) is 0.538. The van der Waals surface area contributed by atoms with E-state index in [9.17, 15) is 13.6 Å². The number of alkyl halides is 1. The van der Waals surface area contributed by atoms with Crippen molar-refractivity contribution in [2.75, 3.05) is 6.54 Å². The standard InChI is InChI=1S/C12H14ClF2NO/c1-3-16(12(17)8(2)13)7-9-4-5-10(14)11(15)6-9/h4-6,8H,3,7H2,1-2H3.